The Morgan fingerprint density at radius 1 is 0.328 bits per heavy atom. The van der Waals surface area contributed by atoms with E-state index in [1.807, 2.05) is 0 Å². The molecule has 61 heavy (non-hydrogen) atoms. The van der Waals surface area contributed by atoms with E-state index in [0.29, 0.717) is 19.3 Å². The molecule has 6 heteroatoms. The van der Waals surface area contributed by atoms with Gasteiger partial charge in [-0.2, -0.15) is 0 Å². The van der Waals surface area contributed by atoms with E-state index in [4.69, 9.17) is 14.2 Å². The number of rotatable bonds is 47. The standard InChI is InChI=1S/C55H98O6/c1-4-7-10-13-16-19-22-24-26-27-29-30-33-36-39-42-45-48-54(57)60-51-52(50-59-53(56)47-44-41-38-35-32-21-18-15-12-9-6-3)61-55(58)49-46-43-40-37-34-31-28-25-23-20-17-14-11-8-5-2/h16,19,24,26,29-30,36,39,52H,4-15,17-18,20-23,25,27-28,31-35,37-38,40-51H2,1-3H3/b19-16-,26-24-,30-29-,39-36-/t52-/m0/s1. The van der Waals surface area contributed by atoms with Crippen LogP contribution in [0.2, 0.25) is 0 Å². The van der Waals surface area contributed by atoms with Gasteiger partial charge in [0.25, 0.3) is 0 Å². The zero-order valence-corrected chi connectivity index (χ0v) is 40.4. The van der Waals surface area contributed by atoms with Crippen molar-refractivity contribution in [3.8, 4) is 0 Å². The molecule has 0 aromatic carbocycles. The van der Waals surface area contributed by atoms with Crippen molar-refractivity contribution >= 4 is 17.9 Å². The Morgan fingerprint density at radius 2 is 0.607 bits per heavy atom. The molecule has 0 saturated carbocycles. The summed E-state index contributed by atoms with van der Waals surface area (Å²) in [5.74, 6) is -0.936. The van der Waals surface area contributed by atoms with Crippen LogP contribution in [0.25, 0.3) is 0 Å². The van der Waals surface area contributed by atoms with Crippen LogP contribution < -0.4 is 0 Å². The number of carbonyl (C=O) groups excluding carboxylic acids is 3. The first-order valence-electron chi connectivity index (χ1n) is 26.1. The number of ether oxygens (including phenoxy) is 3. The molecule has 0 aliphatic rings. The summed E-state index contributed by atoms with van der Waals surface area (Å²) in [7, 11) is 0. The third kappa shape index (κ3) is 48.3. The fraction of sp³-hybridized carbons (Fsp3) is 0.800. The number of esters is 3. The Morgan fingerprint density at radius 3 is 0.984 bits per heavy atom. The van der Waals surface area contributed by atoms with Gasteiger partial charge in [0, 0.05) is 19.3 Å². The minimum Gasteiger partial charge on any atom is -0.462 e. The van der Waals surface area contributed by atoms with Gasteiger partial charge in [-0.05, 0) is 57.8 Å². The predicted octanol–water partition coefficient (Wildman–Crippen LogP) is 17.1. The van der Waals surface area contributed by atoms with E-state index in [2.05, 4.69) is 69.4 Å². The molecule has 0 bridgehead atoms. The molecule has 0 fully saturated rings. The number of allylic oxidation sites excluding steroid dienone is 8. The monoisotopic (exact) mass is 855 g/mol. The lowest BCUT2D eigenvalue weighted by atomic mass is 10.0. The number of unbranched alkanes of at least 4 members (excludes halogenated alkanes) is 28. The molecule has 6 nitrogen and oxygen atoms in total. The van der Waals surface area contributed by atoms with Gasteiger partial charge in [0.05, 0.1) is 0 Å². The fourth-order valence-corrected chi connectivity index (χ4v) is 7.38. The van der Waals surface area contributed by atoms with Gasteiger partial charge in [-0.25, -0.2) is 0 Å². The third-order valence-corrected chi connectivity index (χ3v) is 11.3. The summed E-state index contributed by atoms with van der Waals surface area (Å²) in [6.07, 6.45) is 59.5. The van der Waals surface area contributed by atoms with Crippen LogP contribution in [0, 0.1) is 0 Å². The molecule has 0 aromatic rings. The minimum atomic E-state index is -0.789. The Balaban J connectivity index is 4.42. The Kier molecular flexibility index (Phi) is 47.9. The molecule has 1 atom stereocenters. The molecule has 0 aliphatic carbocycles. The maximum atomic E-state index is 12.8. The minimum absolute atomic E-state index is 0.0863. The molecule has 0 rings (SSSR count). The molecule has 0 spiro atoms. The largest absolute Gasteiger partial charge is 0.462 e. The van der Waals surface area contributed by atoms with Gasteiger partial charge >= 0.3 is 17.9 Å². The Bertz CT molecular complexity index is 1070. The molecule has 0 N–H and O–H groups in total. The highest BCUT2D eigenvalue weighted by molar-refractivity contribution is 5.71. The summed E-state index contributed by atoms with van der Waals surface area (Å²) in [6, 6.07) is 0. The van der Waals surface area contributed by atoms with Crippen molar-refractivity contribution in [1.82, 2.24) is 0 Å². The summed E-state index contributed by atoms with van der Waals surface area (Å²) in [4.78, 5) is 37.9. The molecule has 0 aromatic heterocycles. The average Bonchev–Trinajstić information content (AvgIpc) is 3.26. The van der Waals surface area contributed by atoms with Gasteiger partial charge in [-0.1, -0.05) is 236 Å². The van der Waals surface area contributed by atoms with E-state index in [-0.39, 0.29) is 37.5 Å². The van der Waals surface area contributed by atoms with Crippen molar-refractivity contribution in [2.24, 2.45) is 0 Å². The molecule has 0 heterocycles. The van der Waals surface area contributed by atoms with Crippen LogP contribution in [0.4, 0.5) is 0 Å². The van der Waals surface area contributed by atoms with Crippen LogP contribution in [0.1, 0.15) is 265 Å². The summed E-state index contributed by atoms with van der Waals surface area (Å²) in [6.45, 7) is 6.57. The molecule has 0 saturated heterocycles. The summed E-state index contributed by atoms with van der Waals surface area (Å²) in [5.41, 5.74) is 0. The smallest absolute Gasteiger partial charge is 0.306 e. The van der Waals surface area contributed by atoms with Crippen molar-refractivity contribution in [2.45, 2.75) is 271 Å². The molecule has 0 unspecified atom stereocenters. The van der Waals surface area contributed by atoms with Gasteiger partial charge in [0.2, 0.25) is 0 Å². The highest BCUT2D eigenvalue weighted by Gasteiger charge is 2.19. The molecule has 0 amide bonds. The first-order chi connectivity index (χ1) is 30.0. The molecule has 0 radical (unpaired) electrons. The van der Waals surface area contributed by atoms with Crippen LogP contribution in [-0.2, 0) is 28.6 Å². The van der Waals surface area contributed by atoms with Crippen LogP contribution in [0.15, 0.2) is 48.6 Å². The van der Waals surface area contributed by atoms with E-state index in [1.165, 1.54) is 154 Å². The second-order valence-corrected chi connectivity index (χ2v) is 17.4. The van der Waals surface area contributed by atoms with Crippen molar-refractivity contribution in [1.29, 1.82) is 0 Å². The second kappa shape index (κ2) is 50.0. The van der Waals surface area contributed by atoms with Crippen molar-refractivity contribution < 1.29 is 28.6 Å². The van der Waals surface area contributed by atoms with Crippen molar-refractivity contribution in [3.63, 3.8) is 0 Å². The van der Waals surface area contributed by atoms with Gasteiger partial charge in [0.1, 0.15) is 13.2 Å². The molecular formula is C55H98O6. The normalized spacial score (nSPS) is 12.4. The van der Waals surface area contributed by atoms with E-state index < -0.39 is 6.10 Å². The van der Waals surface area contributed by atoms with Gasteiger partial charge < -0.3 is 14.2 Å². The summed E-state index contributed by atoms with van der Waals surface area (Å²) >= 11 is 0. The quantitative estimate of drug-likeness (QED) is 0.0263. The maximum absolute atomic E-state index is 12.8. The van der Waals surface area contributed by atoms with E-state index in [1.54, 1.807) is 0 Å². The lowest BCUT2D eigenvalue weighted by Gasteiger charge is -2.18. The van der Waals surface area contributed by atoms with Crippen LogP contribution >= 0.6 is 0 Å². The zero-order valence-electron chi connectivity index (χ0n) is 40.4. The lowest BCUT2D eigenvalue weighted by molar-refractivity contribution is -0.167. The van der Waals surface area contributed by atoms with Crippen LogP contribution in [-0.4, -0.2) is 37.2 Å². The maximum Gasteiger partial charge on any atom is 0.306 e. The molecule has 0 aliphatic heterocycles. The zero-order chi connectivity index (χ0) is 44.4. The number of hydrogen-bond donors (Lipinski definition) is 0. The summed E-state index contributed by atoms with van der Waals surface area (Å²) in [5, 5.41) is 0. The Labute approximate surface area is 378 Å². The van der Waals surface area contributed by atoms with Crippen LogP contribution in [0.3, 0.4) is 0 Å². The first kappa shape index (κ1) is 58.4. The van der Waals surface area contributed by atoms with Crippen LogP contribution in [0.5, 0.6) is 0 Å². The third-order valence-electron chi connectivity index (χ3n) is 11.3. The highest BCUT2D eigenvalue weighted by atomic mass is 16.6. The van der Waals surface area contributed by atoms with Crippen molar-refractivity contribution in [2.75, 3.05) is 13.2 Å². The topological polar surface area (TPSA) is 78.9 Å². The van der Waals surface area contributed by atoms with E-state index >= 15 is 0 Å². The Hall–Kier alpha value is -2.63. The highest BCUT2D eigenvalue weighted by Crippen LogP contribution is 2.16. The van der Waals surface area contributed by atoms with E-state index in [9.17, 15) is 14.4 Å². The molecule has 354 valence electrons. The first-order valence-corrected chi connectivity index (χ1v) is 26.1. The molecular weight excluding hydrogens is 757 g/mol. The number of hydrogen-bond acceptors (Lipinski definition) is 6. The van der Waals surface area contributed by atoms with Gasteiger partial charge in [-0.3, -0.25) is 14.4 Å². The van der Waals surface area contributed by atoms with Crippen molar-refractivity contribution in [3.05, 3.63) is 48.6 Å². The lowest BCUT2D eigenvalue weighted by Crippen LogP contribution is -2.30. The van der Waals surface area contributed by atoms with E-state index in [0.717, 1.165) is 64.2 Å². The second-order valence-electron chi connectivity index (χ2n) is 17.4. The average molecular weight is 855 g/mol. The SMILES string of the molecule is CCCCC/C=C\C/C=C\C/C=C\C/C=C\CCCC(=O)OC[C@H](COC(=O)CCCCCCCCCCCCC)OC(=O)CCCCCCCCCCCCCCCCC. The van der Waals surface area contributed by atoms with Gasteiger partial charge in [0.15, 0.2) is 6.10 Å². The van der Waals surface area contributed by atoms with Gasteiger partial charge in [-0.15, -0.1) is 0 Å². The summed E-state index contributed by atoms with van der Waals surface area (Å²) < 4.78 is 16.7. The number of carbonyl (C=O) groups is 3. The fourth-order valence-electron chi connectivity index (χ4n) is 7.38. The predicted molar refractivity (Wildman–Crippen MR) is 261 cm³/mol.